The number of nitrogens with one attached hydrogen (secondary N) is 1. The molecule has 0 bridgehead atoms. The second-order valence-corrected chi connectivity index (χ2v) is 8.45. The topological polar surface area (TPSA) is 75.7 Å². The van der Waals surface area contributed by atoms with Gasteiger partial charge in [0.05, 0.1) is 20.6 Å². The summed E-state index contributed by atoms with van der Waals surface area (Å²) in [5.74, 6) is -0.452. The van der Waals surface area contributed by atoms with Crippen LogP contribution in [0.15, 0.2) is 53.4 Å². The molecule has 2 rings (SSSR count). The van der Waals surface area contributed by atoms with Crippen molar-refractivity contribution in [3.63, 3.8) is 0 Å². The van der Waals surface area contributed by atoms with Gasteiger partial charge in [-0.25, -0.2) is 8.42 Å². The number of carbonyl (C=O) groups excluding carboxylic acids is 1. The molecule has 1 amide bonds. The van der Waals surface area contributed by atoms with Gasteiger partial charge in [-0.05, 0) is 37.6 Å². The molecule has 1 N–H and O–H groups in total. The summed E-state index contributed by atoms with van der Waals surface area (Å²) >= 11 is 12.3. The number of nitrogens with zero attached hydrogens (tertiary/aromatic N) is 1. The van der Waals surface area contributed by atoms with Crippen molar-refractivity contribution < 1.29 is 17.9 Å². The summed E-state index contributed by atoms with van der Waals surface area (Å²) < 4.78 is 32.5. The minimum Gasteiger partial charge on any atom is -0.382 e. The Hall–Kier alpha value is -1.80. The first-order valence-electron chi connectivity index (χ1n) is 8.74. The number of halogens is 2. The zero-order valence-corrected chi connectivity index (χ0v) is 17.7. The smallest absolute Gasteiger partial charge is 0.264 e. The van der Waals surface area contributed by atoms with Crippen molar-refractivity contribution in [2.75, 3.05) is 30.6 Å². The van der Waals surface area contributed by atoms with Crippen LogP contribution in [0, 0.1) is 0 Å². The van der Waals surface area contributed by atoms with E-state index in [0.29, 0.717) is 26.2 Å². The number of benzene rings is 2. The highest BCUT2D eigenvalue weighted by Crippen LogP contribution is 2.35. The van der Waals surface area contributed by atoms with E-state index in [1.165, 1.54) is 18.2 Å². The quantitative estimate of drug-likeness (QED) is 0.566. The molecule has 0 saturated heterocycles. The van der Waals surface area contributed by atoms with Gasteiger partial charge in [0.2, 0.25) is 5.91 Å². The highest BCUT2D eigenvalue weighted by Gasteiger charge is 2.29. The molecule has 6 nitrogen and oxygen atoms in total. The Kier molecular flexibility index (Phi) is 8.57. The van der Waals surface area contributed by atoms with Crippen molar-refractivity contribution in [2.24, 2.45) is 0 Å². The molecule has 2 aromatic carbocycles. The van der Waals surface area contributed by atoms with Crippen LogP contribution in [-0.4, -0.2) is 40.6 Å². The minimum absolute atomic E-state index is 0.0511. The molecule has 0 atom stereocenters. The molecule has 0 aromatic heterocycles. The minimum atomic E-state index is -4.02. The summed E-state index contributed by atoms with van der Waals surface area (Å²) in [6.07, 6.45) is 0.628. The van der Waals surface area contributed by atoms with Gasteiger partial charge in [-0.15, -0.1) is 0 Å². The maximum absolute atomic E-state index is 13.2. The lowest BCUT2D eigenvalue weighted by molar-refractivity contribution is -0.119. The lowest BCUT2D eigenvalue weighted by Crippen LogP contribution is -2.41. The van der Waals surface area contributed by atoms with Gasteiger partial charge in [-0.2, -0.15) is 0 Å². The third-order valence-corrected chi connectivity index (χ3v) is 6.39. The van der Waals surface area contributed by atoms with E-state index in [-0.39, 0.29) is 20.6 Å². The van der Waals surface area contributed by atoms with Gasteiger partial charge >= 0.3 is 0 Å². The van der Waals surface area contributed by atoms with Crippen LogP contribution in [0.4, 0.5) is 5.69 Å². The fraction of sp³-hybridized carbons (Fsp3) is 0.316. The molecule has 0 fully saturated rings. The van der Waals surface area contributed by atoms with E-state index >= 15 is 0 Å². The second kappa shape index (κ2) is 10.7. The lowest BCUT2D eigenvalue weighted by Gasteiger charge is -2.25. The second-order valence-electron chi connectivity index (χ2n) is 5.80. The first-order chi connectivity index (χ1) is 13.4. The molecule has 0 heterocycles. The molecule has 152 valence electrons. The van der Waals surface area contributed by atoms with Gasteiger partial charge in [0.25, 0.3) is 10.0 Å². The monoisotopic (exact) mass is 444 g/mol. The van der Waals surface area contributed by atoms with Crippen molar-refractivity contribution in [3.8, 4) is 0 Å². The van der Waals surface area contributed by atoms with Gasteiger partial charge in [0, 0.05) is 19.8 Å². The highest BCUT2D eigenvalue weighted by molar-refractivity contribution is 7.92. The van der Waals surface area contributed by atoms with E-state index in [4.69, 9.17) is 27.9 Å². The summed E-state index contributed by atoms with van der Waals surface area (Å²) in [5, 5.41) is 2.96. The molecule has 9 heteroatoms. The maximum Gasteiger partial charge on any atom is 0.264 e. The number of hydrogen-bond donors (Lipinski definition) is 1. The Balaban J connectivity index is 2.27. The van der Waals surface area contributed by atoms with Crippen LogP contribution < -0.4 is 9.62 Å². The molecule has 0 saturated carbocycles. The number of ether oxygens (including phenoxy) is 1. The molecule has 0 radical (unpaired) electrons. The number of hydrogen-bond acceptors (Lipinski definition) is 4. The fourth-order valence-corrected chi connectivity index (χ4v) is 4.34. The van der Waals surface area contributed by atoms with Gasteiger partial charge < -0.3 is 10.1 Å². The third-order valence-electron chi connectivity index (χ3n) is 3.81. The average molecular weight is 445 g/mol. The summed E-state index contributed by atoms with van der Waals surface area (Å²) in [4.78, 5) is 12.5. The zero-order valence-electron chi connectivity index (χ0n) is 15.4. The van der Waals surface area contributed by atoms with Crippen molar-refractivity contribution in [1.29, 1.82) is 0 Å². The van der Waals surface area contributed by atoms with E-state index in [1.807, 2.05) is 6.92 Å². The van der Waals surface area contributed by atoms with Crippen LogP contribution in [-0.2, 0) is 19.6 Å². The van der Waals surface area contributed by atoms with Crippen LogP contribution in [0.5, 0.6) is 0 Å². The molecule has 0 spiro atoms. The van der Waals surface area contributed by atoms with E-state index in [2.05, 4.69) is 5.32 Å². The molecule has 28 heavy (non-hydrogen) atoms. The van der Waals surface area contributed by atoms with E-state index < -0.39 is 22.5 Å². The van der Waals surface area contributed by atoms with E-state index in [0.717, 1.165) is 4.31 Å². The maximum atomic E-state index is 13.2. The first kappa shape index (κ1) is 22.5. The Morgan fingerprint density at radius 1 is 1.11 bits per heavy atom. The number of sulfonamides is 1. The number of carbonyl (C=O) groups is 1. The lowest BCUT2D eigenvalue weighted by atomic mass is 10.3. The van der Waals surface area contributed by atoms with E-state index in [9.17, 15) is 13.2 Å². The van der Waals surface area contributed by atoms with Crippen LogP contribution in [0.1, 0.15) is 13.3 Å². The van der Waals surface area contributed by atoms with Crippen LogP contribution >= 0.6 is 23.2 Å². The van der Waals surface area contributed by atoms with Crippen LogP contribution in [0.25, 0.3) is 0 Å². The Bertz CT molecular complexity index is 892. The summed E-state index contributed by atoms with van der Waals surface area (Å²) in [6.45, 7) is 2.96. The van der Waals surface area contributed by atoms with Crippen molar-refractivity contribution in [2.45, 2.75) is 18.2 Å². The molecule has 0 aliphatic carbocycles. The predicted octanol–water partition coefficient (Wildman–Crippen LogP) is 3.73. The summed E-state index contributed by atoms with van der Waals surface area (Å²) in [6, 6.07) is 12.5. The molecule has 0 aliphatic heterocycles. The van der Waals surface area contributed by atoms with Crippen molar-refractivity contribution in [3.05, 3.63) is 58.6 Å². The third kappa shape index (κ3) is 5.85. The number of anilines is 1. The molecule has 0 aliphatic rings. The Morgan fingerprint density at radius 2 is 1.82 bits per heavy atom. The van der Waals surface area contributed by atoms with Gasteiger partial charge in [-0.1, -0.05) is 47.5 Å². The summed E-state index contributed by atoms with van der Waals surface area (Å²) in [7, 11) is -4.02. The van der Waals surface area contributed by atoms with Crippen LogP contribution in [0.3, 0.4) is 0 Å². The number of amides is 1. The average Bonchev–Trinajstić information content (AvgIpc) is 2.69. The van der Waals surface area contributed by atoms with Gasteiger partial charge in [-0.3, -0.25) is 9.10 Å². The first-order valence-corrected chi connectivity index (χ1v) is 10.9. The summed E-state index contributed by atoms with van der Waals surface area (Å²) in [5.41, 5.74) is 0.141. The fourth-order valence-electron chi connectivity index (χ4n) is 2.44. The van der Waals surface area contributed by atoms with Crippen molar-refractivity contribution >= 4 is 44.8 Å². The molecular formula is C19H22Cl2N2O4S. The van der Waals surface area contributed by atoms with Gasteiger partial charge in [0.15, 0.2) is 0 Å². The zero-order chi connectivity index (χ0) is 20.6. The normalized spacial score (nSPS) is 11.2. The largest absolute Gasteiger partial charge is 0.382 e. The molecule has 0 unspecified atom stereocenters. The SMILES string of the molecule is CCOCCCNC(=O)CN(c1cccc(Cl)c1Cl)S(=O)(=O)c1ccccc1. The molecule has 2 aromatic rings. The molecular weight excluding hydrogens is 423 g/mol. The number of rotatable bonds is 10. The van der Waals surface area contributed by atoms with Gasteiger partial charge in [0.1, 0.15) is 6.54 Å². The predicted molar refractivity (Wildman–Crippen MR) is 112 cm³/mol. The van der Waals surface area contributed by atoms with Crippen LogP contribution in [0.2, 0.25) is 10.0 Å². The Morgan fingerprint density at radius 3 is 2.50 bits per heavy atom. The van der Waals surface area contributed by atoms with Crippen molar-refractivity contribution in [1.82, 2.24) is 5.32 Å². The standard InChI is InChI=1S/C19H22Cl2N2O4S/c1-2-27-13-7-12-22-18(24)14-23(17-11-6-10-16(20)19(17)21)28(25,26)15-8-4-3-5-9-15/h3-6,8-11H,2,7,12-14H2,1H3,(H,22,24). The van der Waals surface area contributed by atoms with E-state index in [1.54, 1.807) is 30.3 Å². The Labute approximate surface area is 175 Å². The highest BCUT2D eigenvalue weighted by atomic mass is 35.5.